The van der Waals surface area contributed by atoms with E-state index in [0.717, 1.165) is 19.6 Å². The molecule has 0 unspecified atom stereocenters. The van der Waals surface area contributed by atoms with E-state index in [9.17, 15) is 4.79 Å². The molecule has 1 aromatic carbocycles. The number of nitrogens with zero attached hydrogens (tertiary/aromatic N) is 1. The third kappa shape index (κ3) is 5.63. The van der Waals surface area contributed by atoms with Crippen molar-refractivity contribution < 1.29 is 4.79 Å². The smallest absolute Gasteiger partial charge is 0.234 e. The summed E-state index contributed by atoms with van der Waals surface area (Å²) in [6.07, 6.45) is 0. The van der Waals surface area contributed by atoms with Crippen molar-refractivity contribution in [3.63, 3.8) is 0 Å². The van der Waals surface area contributed by atoms with Crippen LogP contribution in [-0.4, -0.2) is 42.5 Å². The molecule has 0 spiro atoms. The lowest BCUT2D eigenvalue weighted by molar-refractivity contribution is -0.121. The van der Waals surface area contributed by atoms with E-state index in [1.807, 2.05) is 13.8 Å². The zero-order chi connectivity index (χ0) is 16.8. The monoisotopic (exact) mass is 317 g/mol. The number of carbonyl (C=O) groups is 1. The SMILES string of the molecule is CC(C)NC(=O)CNC1[C@@H](C)CN(Cc2ccccc2)C[C@@H]1C. The molecule has 128 valence electrons. The van der Waals surface area contributed by atoms with Crippen LogP contribution in [0.1, 0.15) is 33.3 Å². The molecule has 0 saturated carbocycles. The van der Waals surface area contributed by atoms with Gasteiger partial charge in [-0.25, -0.2) is 0 Å². The van der Waals surface area contributed by atoms with Crippen molar-refractivity contribution in [3.8, 4) is 0 Å². The molecule has 2 N–H and O–H groups in total. The number of amides is 1. The van der Waals surface area contributed by atoms with Gasteiger partial charge in [0.15, 0.2) is 0 Å². The predicted molar refractivity (Wildman–Crippen MR) is 95.1 cm³/mol. The Morgan fingerprint density at radius 1 is 1.17 bits per heavy atom. The molecule has 1 amide bonds. The van der Waals surface area contributed by atoms with E-state index >= 15 is 0 Å². The first kappa shape index (κ1) is 18.0. The summed E-state index contributed by atoms with van der Waals surface area (Å²) in [5.74, 6) is 1.16. The van der Waals surface area contributed by atoms with E-state index < -0.39 is 0 Å². The second kappa shape index (κ2) is 8.46. The van der Waals surface area contributed by atoms with Gasteiger partial charge in [-0.2, -0.15) is 0 Å². The highest BCUT2D eigenvalue weighted by atomic mass is 16.1. The summed E-state index contributed by atoms with van der Waals surface area (Å²) in [7, 11) is 0. The van der Waals surface area contributed by atoms with Crippen LogP contribution < -0.4 is 10.6 Å². The Morgan fingerprint density at radius 2 is 1.78 bits per heavy atom. The van der Waals surface area contributed by atoms with Crippen LogP contribution in [0.2, 0.25) is 0 Å². The molecule has 2 atom stereocenters. The maximum absolute atomic E-state index is 11.8. The molecule has 1 aliphatic heterocycles. The fourth-order valence-corrected chi connectivity index (χ4v) is 3.63. The second-order valence-corrected chi connectivity index (χ2v) is 7.26. The number of hydrogen-bond acceptors (Lipinski definition) is 3. The molecule has 0 aliphatic carbocycles. The molecule has 4 nitrogen and oxygen atoms in total. The van der Waals surface area contributed by atoms with Gasteiger partial charge < -0.3 is 10.6 Å². The van der Waals surface area contributed by atoms with Crippen LogP contribution in [0, 0.1) is 11.8 Å². The topological polar surface area (TPSA) is 44.4 Å². The Morgan fingerprint density at radius 3 is 2.35 bits per heavy atom. The van der Waals surface area contributed by atoms with Gasteiger partial charge in [0.05, 0.1) is 6.54 Å². The number of nitrogens with one attached hydrogen (secondary N) is 2. The van der Waals surface area contributed by atoms with Crippen LogP contribution in [0.4, 0.5) is 0 Å². The van der Waals surface area contributed by atoms with Crippen LogP contribution in [0.3, 0.4) is 0 Å². The lowest BCUT2D eigenvalue weighted by atomic mass is 9.85. The van der Waals surface area contributed by atoms with Gasteiger partial charge in [-0.3, -0.25) is 9.69 Å². The maximum Gasteiger partial charge on any atom is 0.234 e. The van der Waals surface area contributed by atoms with Crippen LogP contribution in [-0.2, 0) is 11.3 Å². The van der Waals surface area contributed by atoms with Crippen molar-refractivity contribution in [2.45, 2.75) is 46.3 Å². The average molecular weight is 317 g/mol. The lowest BCUT2D eigenvalue weighted by Crippen LogP contribution is -2.55. The molecule has 0 aromatic heterocycles. The fraction of sp³-hybridized carbons (Fsp3) is 0.632. The second-order valence-electron chi connectivity index (χ2n) is 7.26. The summed E-state index contributed by atoms with van der Waals surface area (Å²) in [6, 6.07) is 11.2. The quantitative estimate of drug-likeness (QED) is 0.846. The van der Waals surface area contributed by atoms with E-state index in [1.165, 1.54) is 5.56 Å². The largest absolute Gasteiger partial charge is 0.353 e. The minimum Gasteiger partial charge on any atom is -0.353 e. The summed E-state index contributed by atoms with van der Waals surface area (Å²) in [4.78, 5) is 14.4. The molecule has 1 aliphatic rings. The Hall–Kier alpha value is -1.39. The average Bonchev–Trinajstić information content (AvgIpc) is 2.46. The number of carbonyl (C=O) groups excluding carboxylic acids is 1. The van der Waals surface area contributed by atoms with E-state index in [2.05, 4.69) is 59.7 Å². The zero-order valence-corrected chi connectivity index (χ0v) is 14.9. The van der Waals surface area contributed by atoms with Gasteiger partial charge in [-0.1, -0.05) is 44.2 Å². The summed E-state index contributed by atoms with van der Waals surface area (Å²) < 4.78 is 0. The number of hydrogen-bond donors (Lipinski definition) is 2. The molecule has 1 heterocycles. The highest BCUT2D eigenvalue weighted by Gasteiger charge is 2.31. The first-order valence-corrected chi connectivity index (χ1v) is 8.74. The predicted octanol–water partition coefficient (Wildman–Crippen LogP) is 2.26. The number of benzene rings is 1. The number of piperidine rings is 1. The first-order chi connectivity index (χ1) is 11.0. The lowest BCUT2D eigenvalue weighted by Gasteiger charge is -2.42. The van der Waals surface area contributed by atoms with Crippen LogP contribution in [0.25, 0.3) is 0 Å². The van der Waals surface area contributed by atoms with Crippen molar-refractivity contribution >= 4 is 5.91 Å². The standard InChI is InChI=1S/C19H31N3O/c1-14(2)21-18(23)10-20-19-15(3)11-22(12-16(19)4)13-17-8-6-5-7-9-17/h5-9,14-16,19-20H,10-13H2,1-4H3,(H,21,23)/t15-,16-/m0/s1. The highest BCUT2D eigenvalue weighted by Crippen LogP contribution is 2.23. The third-order valence-corrected chi connectivity index (χ3v) is 4.52. The molecular weight excluding hydrogens is 286 g/mol. The van der Waals surface area contributed by atoms with Gasteiger partial charge in [0.2, 0.25) is 5.91 Å². The molecule has 0 radical (unpaired) electrons. The van der Waals surface area contributed by atoms with Crippen LogP contribution in [0.15, 0.2) is 30.3 Å². The number of rotatable bonds is 6. The highest BCUT2D eigenvalue weighted by molar-refractivity contribution is 5.78. The van der Waals surface area contributed by atoms with E-state index in [0.29, 0.717) is 24.4 Å². The van der Waals surface area contributed by atoms with Crippen molar-refractivity contribution in [3.05, 3.63) is 35.9 Å². The Balaban J connectivity index is 1.83. The summed E-state index contributed by atoms with van der Waals surface area (Å²) >= 11 is 0. The first-order valence-electron chi connectivity index (χ1n) is 8.74. The van der Waals surface area contributed by atoms with Crippen LogP contribution >= 0.6 is 0 Å². The molecule has 4 heteroatoms. The minimum absolute atomic E-state index is 0.0890. The normalized spacial score (nSPS) is 23.2. The van der Waals surface area contributed by atoms with Crippen molar-refractivity contribution in [2.75, 3.05) is 19.6 Å². The van der Waals surface area contributed by atoms with E-state index in [-0.39, 0.29) is 11.9 Å². The van der Waals surface area contributed by atoms with Gasteiger partial charge >= 0.3 is 0 Å². The van der Waals surface area contributed by atoms with Gasteiger partial charge in [0.25, 0.3) is 0 Å². The third-order valence-electron chi connectivity index (χ3n) is 4.52. The Bertz CT molecular complexity index is 477. The Kier molecular flexibility index (Phi) is 6.60. The molecule has 2 rings (SSSR count). The van der Waals surface area contributed by atoms with Gasteiger partial charge in [-0.15, -0.1) is 0 Å². The molecular formula is C19H31N3O. The summed E-state index contributed by atoms with van der Waals surface area (Å²) in [5, 5.41) is 6.41. The van der Waals surface area contributed by atoms with E-state index in [4.69, 9.17) is 0 Å². The molecule has 1 fully saturated rings. The molecule has 1 aromatic rings. The summed E-state index contributed by atoms with van der Waals surface area (Å²) in [6.45, 7) is 12.1. The molecule has 1 saturated heterocycles. The molecule has 23 heavy (non-hydrogen) atoms. The van der Waals surface area contributed by atoms with Crippen molar-refractivity contribution in [1.82, 2.24) is 15.5 Å². The van der Waals surface area contributed by atoms with Gasteiger partial charge in [-0.05, 0) is 31.2 Å². The maximum atomic E-state index is 11.8. The zero-order valence-electron chi connectivity index (χ0n) is 14.9. The fourth-order valence-electron chi connectivity index (χ4n) is 3.63. The Labute approximate surface area is 140 Å². The van der Waals surface area contributed by atoms with Gasteiger partial charge in [0.1, 0.15) is 0 Å². The molecule has 0 bridgehead atoms. The summed E-state index contributed by atoms with van der Waals surface area (Å²) in [5.41, 5.74) is 1.37. The van der Waals surface area contributed by atoms with E-state index in [1.54, 1.807) is 0 Å². The van der Waals surface area contributed by atoms with Gasteiger partial charge in [0, 0.05) is 31.7 Å². The van der Waals surface area contributed by atoms with Crippen LogP contribution in [0.5, 0.6) is 0 Å². The van der Waals surface area contributed by atoms with Crippen molar-refractivity contribution in [2.24, 2.45) is 11.8 Å². The minimum atomic E-state index is 0.0890. The van der Waals surface area contributed by atoms with Crippen molar-refractivity contribution in [1.29, 1.82) is 0 Å². The number of likely N-dealkylation sites (tertiary alicyclic amines) is 1.